The average molecular weight is 409 g/mol. The number of aromatic nitrogens is 1. The molecule has 1 atom stereocenters. The number of nitrogens with one attached hydrogen (secondary N) is 1. The Morgan fingerprint density at radius 1 is 1.29 bits per heavy atom. The minimum absolute atomic E-state index is 0.123. The van der Waals surface area contributed by atoms with Crippen molar-refractivity contribution in [2.45, 2.75) is 28.8 Å². The van der Waals surface area contributed by atoms with E-state index in [9.17, 15) is 22.8 Å². The van der Waals surface area contributed by atoms with Gasteiger partial charge in [0, 0.05) is 17.4 Å². The summed E-state index contributed by atoms with van der Waals surface area (Å²) in [4.78, 5) is 30.5. The zero-order valence-electron chi connectivity index (χ0n) is 14.3. The lowest BCUT2D eigenvalue weighted by molar-refractivity contribution is -0.154. The molecule has 2 aromatic rings. The molecule has 10 heteroatoms. The number of halogens is 3. The quantitative estimate of drug-likeness (QED) is 0.836. The topological polar surface area (TPSA) is 71.5 Å². The van der Waals surface area contributed by atoms with Gasteiger partial charge in [0.2, 0.25) is 11.8 Å². The highest BCUT2D eigenvalue weighted by Crippen LogP contribution is 2.55. The third kappa shape index (κ3) is 3.28. The predicted octanol–water partition coefficient (Wildman–Crippen LogP) is 3.59. The van der Waals surface area contributed by atoms with Crippen molar-refractivity contribution >= 4 is 35.0 Å². The van der Waals surface area contributed by atoms with Crippen molar-refractivity contribution in [3.8, 4) is 5.88 Å². The first kappa shape index (κ1) is 18.6. The summed E-state index contributed by atoms with van der Waals surface area (Å²) in [5, 5.41) is 2.71. The monoisotopic (exact) mass is 409 g/mol. The number of benzene rings is 1. The highest BCUT2D eigenvalue weighted by atomic mass is 32.2. The Bertz CT molecular complexity index is 936. The second-order valence-corrected chi connectivity index (χ2v) is 7.65. The summed E-state index contributed by atoms with van der Waals surface area (Å²) in [6, 6.07) is 9.95. The van der Waals surface area contributed by atoms with Gasteiger partial charge in [0.25, 0.3) is 5.91 Å². The number of hydrogen-bond acceptors (Lipinski definition) is 5. The Kier molecular flexibility index (Phi) is 4.45. The van der Waals surface area contributed by atoms with Crippen LogP contribution in [0.5, 0.6) is 5.88 Å². The number of alkyl halides is 3. The van der Waals surface area contributed by atoms with Crippen molar-refractivity contribution in [1.29, 1.82) is 0 Å². The normalized spacial score (nSPS) is 20.7. The smallest absolute Gasteiger partial charge is 0.422 e. The Hall–Kier alpha value is -2.75. The van der Waals surface area contributed by atoms with Gasteiger partial charge in [-0.3, -0.25) is 14.5 Å². The molecule has 2 amide bonds. The lowest BCUT2D eigenvalue weighted by Gasteiger charge is -2.29. The molecule has 1 aromatic heterocycles. The van der Waals surface area contributed by atoms with Crippen LogP contribution in [-0.4, -0.2) is 34.5 Å². The van der Waals surface area contributed by atoms with Crippen molar-refractivity contribution in [3.05, 3.63) is 42.6 Å². The molecule has 1 unspecified atom stereocenters. The van der Waals surface area contributed by atoms with Crippen LogP contribution in [0.1, 0.15) is 12.8 Å². The highest BCUT2D eigenvalue weighted by Gasteiger charge is 2.57. The molecule has 1 fully saturated rings. The lowest BCUT2D eigenvalue weighted by atomic mass is 10.1. The number of fused-ring (bicyclic) bond motifs is 3. The minimum Gasteiger partial charge on any atom is -0.468 e. The predicted molar refractivity (Wildman–Crippen MR) is 96.2 cm³/mol. The van der Waals surface area contributed by atoms with Crippen LogP contribution in [0, 0.1) is 0 Å². The second kappa shape index (κ2) is 6.69. The Labute approximate surface area is 162 Å². The molecule has 0 radical (unpaired) electrons. The summed E-state index contributed by atoms with van der Waals surface area (Å²) < 4.78 is 41.1. The number of carbonyl (C=O) groups excluding carboxylic acids is 2. The van der Waals surface area contributed by atoms with Crippen molar-refractivity contribution < 1.29 is 27.5 Å². The minimum atomic E-state index is -4.46. The summed E-state index contributed by atoms with van der Waals surface area (Å²) >= 11 is 1.32. The Balaban J connectivity index is 1.50. The number of rotatable bonds is 4. The Morgan fingerprint density at radius 2 is 2.07 bits per heavy atom. The van der Waals surface area contributed by atoms with Gasteiger partial charge in [-0.05, 0) is 24.6 Å². The number of ether oxygens (including phenoxy) is 1. The van der Waals surface area contributed by atoms with E-state index in [1.165, 1.54) is 35.0 Å². The number of thioether (sulfide) groups is 1. The lowest BCUT2D eigenvalue weighted by Crippen LogP contribution is -2.49. The molecule has 28 heavy (non-hydrogen) atoms. The summed E-state index contributed by atoms with van der Waals surface area (Å²) in [6.45, 7) is -1.44. The second-order valence-electron chi connectivity index (χ2n) is 6.33. The van der Waals surface area contributed by atoms with E-state index in [1.807, 2.05) is 18.2 Å². The number of carbonyl (C=O) groups is 2. The third-order valence-corrected chi connectivity index (χ3v) is 5.88. The van der Waals surface area contributed by atoms with E-state index in [2.05, 4.69) is 15.0 Å². The van der Waals surface area contributed by atoms with Gasteiger partial charge in [-0.1, -0.05) is 23.9 Å². The van der Waals surface area contributed by atoms with Crippen molar-refractivity contribution in [1.82, 2.24) is 4.98 Å². The van der Waals surface area contributed by atoms with Gasteiger partial charge >= 0.3 is 6.18 Å². The molecule has 1 saturated heterocycles. The van der Waals surface area contributed by atoms with Crippen LogP contribution in [0.25, 0.3) is 0 Å². The van der Waals surface area contributed by atoms with Crippen LogP contribution >= 0.6 is 11.8 Å². The van der Waals surface area contributed by atoms with Gasteiger partial charge < -0.3 is 10.1 Å². The maximum Gasteiger partial charge on any atom is 0.422 e. The van der Waals surface area contributed by atoms with E-state index in [0.29, 0.717) is 17.8 Å². The van der Waals surface area contributed by atoms with Gasteiger partial charge in [0.1, 0.15) is 0 Å². The number of anilines is 2. The fourth-order valence-electron chi connectivity index (χ4n) is 3.22. The number of nitrogens with zero attached hydrogens (tertiary/aromatic N) is 2. The molecule has 0 aliphatic carbocycles. The molecule has 146 valence electrons. The first-order valence-electron chi connectivity index (χ1n) is 8.37. The standard InChI is InChI=1S/C18H14F3N3O3S/c19-18(20,21)10-27-14-6-5-11(9-22-14)23-16(26)17-8-7-15(25)24(17)12-3-1-2-4-13(12)28-17/h1-6,9H,7-8,10H2,(H,23,26). The van der Waals surface area contributed by atoms with Crippen LogP contribution < -0.4 is 15.0 Å². The van der Waals surface area contributed by atoms with Crippen molar-refractivity contribution in [2.75, 3.05) is 16.8 Å². The molecule has 6 nitrogen and oxygen atoms in total. The van der Waals surface area contributed by atoms with Crippen LogP contribution in [0.15, 0.2) is 47.5 Å². The molecule has 1 N–H and O–H groups in total. The largest absolute Gasteiger partial charge is 0.468 e. The molecule has 1 aromatic carbocycles. The van der Waals surface area contributed by atoms with Crippen LogP contribution in [-0.2, 0) is 9.59 Å². The zero-order chi connectivity index (χ0) is 19.9. The van der Waals surface area contributed by atoms with Gasteiger partial charge in [0.05, 0.1) is 17.6 Å². The fraction of sp³-hybridized carbons (Fsp3) is 0.278. The first-order chi connectivity index (χ1) is 13.3. The van der Waals surface area contributed by atoms with E-state index in [0.717, 1.165) is 4.90 Å². The number of amides is 2. The molecule has 2 aliphatic rings. The molecule has 2 aliphatic heterocycles. The molecule has 0 spiro atoms. The van der Waals surface area contributed by atoms with Gasteiger partial charge in [0.15, 0.2) is 11.5 Å². The fourth-order valence-corrected chi connectivity index (χ4v) is 4.64. The number of pyridine rings is 1. The van der Waals surface area contributed by atoms with Crippen molar-refractivity contribution in [3.63, 3.8) is 0 Å². The SMILES string of the molecule is O=C1CCC2(C(=O)Nc3ccc(OCC(F)(F)F)nc3)Sc3ccccc3N12. The van der Waals surface area contributed by atoms with Crippen LogP contribution in [0.2, 0.25) is 0 Å². The summed E-state index contributed by atoms with van der Waals surface area (Å²) in [5.41, 5.74) is 1.01. The molecular formula is C18H14F3N3O3S. The summed E-state index contributed by atoms with van der Waals surface area (Å²) in [7, 11) is 0. The summed E-state index contributed by atoms with van der Waals surface area (Å²) in [6.07, 6.45) is -2.62. The average Bonchev–Trinajstić information content (AvgIpc) is 3.16. The van der Waals surface area contributed by atoms with Crippen LogP contribution in [0.3, 0.4) is 0 Å². The Morgan fingerprint density at radius 3 is 2.79 bits per heavy atom. The van der Waals surface area contributed by atoms with Gasteiger partial charge in [-0.15, -0.1) is 0 Å². The van der Waals surface area contributed by atoms with Crippen molar-refractivity contribution in [2.24, 2.45) is 0 Å². The maximum atomic E-state index is 13.0. The highest BCUT2D eigenvalue weighted by molar-refractivity contribution is 8.02. The van der Waals surface area contributed by atoms with E-state index >= 15 is 0 Å². The molecule has 0 saturated carbocycles. The van der Waals surface area contributed by atoms with E-state index in [-0.39, 0.29) is 24.1 Å². The molecular weight excluding hydrogens is 395 g/mol. The molecule has 4 rings (SSSR count). The van der Waals surface area contributed by atoms with Crippen LogP contribution in [0.4, 0.5) is 24.5 Å². The number of hydrogen-bond donors (Lipinski definition) is 1. The zero-order valence-corrected chi connectivity index (χ0v) is 15.1. The van der Waals surface area contributed by atoms with Gasteiger partial charge in [-0.2, -0.15) is 13.2 Å². The third-order valence-electron chi connectivity index (χ3n) is 4.41. The first-order valence-corrected chi connectivity index (χ1v) is 9.18. The van der Waals surface area contributed by atoms with Gasteiger partial charge in [-0.25, -0.2) is 4.98 Å². The number of para-hydroxylation sites is 1. The van der Waals surface area contributed by atoms with E-state index in [1.54, 1.807) is 6.07 Å². The van der Waals surface area contributed by atoms with E-state index < -0.39 is 17.7 Å². The molecule has 3 heterocycles. The summed E-state index contributed by atoms with van der Waals surface area (Å²) in [5.74, 6) is -0.708. The molecule has 0 bridgehead atoms. The maximum absolute atomic E-state index is 13.0. The van der Waals surface area contributed by atoms with E-state index in [4.69, 9.17) is 0 Å².